The number of aromatic nitrogens is 1. The Morgan fingerprint density at radius 3 is 2.33 bits per heavy atom. The van der Waals surface area contributed by atoms with E-state index in [1.807, 2.05) is 59.9 Å². The number of amides is 1. The Morgan fingerprint density at radius 1 is 1.05 bits per heavy atom. The summed E-state index contributed by atoms with van der Waals surface area (Å²) in [4.78, 5) is 13.8. The fourth-order valence-corrected chi connectivity index (χ4v) is 7.76. The fourth-order valence-electron chi connectivity index (χ4n) is 5.99. The first-order valence-electron chi connectivity index (χ1n) is 14.6. The molecule has 2 fully saturated rings. The maximum Gasteiger partial charge on any atom is 0.268 e. The summed E-state index contributed by atoms with van der Waals surface area (Å²) in [6, 6.07) is 7.79. The van der Waals surface area contributed by atoms with Crippen LogP contribution in [0.2, 0.25) is 0 Å². The number of benzene rings is 1. The van der Waals surface area contributed by atoms with Gasteiger partial charge in [0.05, 0.1) is 4.90 Å². The number of sulfonamides is 1. The van der Waals surface area contributed by atoms with Crippen LogP contribution in [-0.4, -0.2) is 43.7 Å². The Morgan fingerprint density at radius 2 is 1.72 bits per heavy atom. The maximum absolute atomic E-state index is 13.5. The van der Waals surface area contributed by atoms with Crippen LogP contribution in [0.25, 0.3) is 11.1 Å². The average Bonchev–Trinajstić information content (AvgIpc) is 3.19. The molecule has 1 aliphatic heterocycles. The van der Waals surface area contributed by atoms with Crippen molar-refractivity contribution in [2.45, 2.75) is 108 Å². The standard InChI is InChI=1S/C31H47N3O4S/c1-21(2)25-19-23(12-13-29(25)39(36,37)33-31(3,4)5)26-20-28(30(35)32-24-14-16-38-17-15-24)34(6)27(26)18-22-10-8-7-9-11-22/h12-13,19-22,24,33H,7-11,14-18H2,1-6H3,(H,32,35). The highest BCUT2D eigenvalue weighted by molar-refractivity contribution is 7.89. The molecular weight excluding hydrogens is 510 g/mol. The van der Waals surface area contributed by atoms with Crippen molar-refractivity contribution in [3.05, 3.63) is 41.2 Å². The highest BCUT2D eigenvalue weighted by Gasteiger charge is 2.28. The fraction of sp³-hybridized carbons (Fsp3) is 0.645. The second-order valence-corrected chi connectivity index (χ2v) is 14.4. The number of hydrogen-bond acceptors (Lipinski definition) is 4. The molecule has 0 unspecified atom stereocenters. The van der Waals surface area contributed by atoms with Crippen LogP contribution in [0.5, 0.6) is 0 Å². The molecule has 39 heavy (non-hydrogen) atoms. The molecule has 1 aliphatic carbocycles. The Bertz CT molecular complexity index is 1260. The first kappa shape index (κ1) is 29.8. The number of hydrogen-bond donors (Lipinski definition) is 2. The summed E-state index contributed by atoms with van der Waals surface area (Å²) in [5.41, 5.74) is 3.99. The SMILES string of the molecule is CC(C)c1cc(-c2cc(C(=O)NC3CCOCC3)n(C)c2CC2CCCCC2)ccc1S(=O)(=O)NC(C)(C)C. The zero-order valence-corrected chi connectivity index (χ0v) is 25.4. The van der Waals surface area contributed by atoms with Gasteiger partial charge in [0.2, 0.25) is 10.0 Å². The van der Waals surface area contributed by atoms with Crippen LogP contribution in [-0.2, 0) is 28.2 Å². The van der Waals surface area contributed by atoms with Crippen molar-refractivity contribution in [1.82, 2.24) is 14.6 Å². The molecule has 2 N–H and O–H groups in total. The number of carbonyl (C=O) groups excluding carboxylic acids is 1. The summed E-state index contributed by atoms with van der Waals surface area (Å²) in [7, 11) is -1.69. The van der Waals surface area contributed by atoms with Crippen molar-refractivity contribution in [1.29, 1.82) is 0 Å². The van der Waals surface area contributed by atoms with Gasteiger partial charge < -0.3 is 14.6 Å². The van der Waals surface area contributed by atoms with Gasteiger partial charge in [-0.05, 0) is 81.2 Å². The summed E-state index contributed by atoms with van der Waals surface area (Å²) in [5.74, 6) is 0.550. The lowest BCUT2D eigenvalue weighted by Gasteiger charge is -2.24. The van der Waals surface area contributed by atoms with Crippen molar-refractivity contribution in [2.75, 3.05) is 13.2 Å². The molecule has 2 aliphatic rings. The van der Waals surface area contributed by atoms with Gasteiger partial charge in [0, 0.05) is 43.1 Å². The minimum absolute atomic E-state index is 0.0123. The van der Waals surface area contributed by atoms with Gasteiger partial charge in [-0.15, -0.1) is 0 Å². The van der Waals surface area contributed by atoms with Crippen LogP contribution >= 0.6 is 0 Å². The summed E-state index contributed by atoms with van der Waals surface area (Å²) >= 11 is 0. The summed E-state index contributed by atoms with van der Waals surface area (Å²) in [6.07, 6.45) is 8.80. The van der Waals surface area contributed by atoms with E-state index in [2.05, 4.69) is 14.6 Å². The van der Waals surface area contributed by atoms with Gasteiger partial charge in [0.1, 0.15) is 5.69 Å². The van der Waals surface area contributed by atoms with E-state index < -0.39 is 15.6 Å². The molecule has 0 spiro atoms. The smallest absolute Gasteiger partial charge is 0.268 e. The van der Waals surface area contributed by atoms with Gasteiger partial charge in [-0.3, -0.25) is 4.79 Å². The molecular formula is C31H47N3O4S. The van der Waals surface area contributed by atoms with Crippen LogP contribution in [0, 0.1) is 5.92 Å². The van der Waals surface area contributed by atoms with Crippen molar-refractivity contribution >= 4 is 15.9 Å². The van der Waals surface area contributed by atoms with Crippen LogP contribution in [0.3, 0.4) is 0 Å². The van der Waals surface area contributed by atoms with Crippen molar-refractivity contribution in [2.24, 2.45) is 13.0 Å². The predicted molar refractivity (Wildman–Crippen MR) is 157 cm³/mol. The monoisotopic (exact) mass is 557 g/mol. The van der Waals surface area contributed by atoms with Crippen LogP contribution < -0.4 is 10.0 Å². The maximum atomic E-state index is 13.5. The minimum Gasteiger partial charge on any atom is -0.381 e. The molecule has 2 aromatic rings. The van der Waals surface area contributed by atoms with E-state index in [4.69, 9.17) is 4.74 Å². The van der Waals surface area contributed by atoms with Crippen molar-refractivity contribution < 1.29 is 17.9 Å². The predicted octanol–water partition coefficient (Wildman–Crippen LogP) is 5.92. The first-order chi connectivity index (χ1) is 18.4. The van der Waals surface area contributed by atoms with Crippen LogP contribution in [0.15, 0.2) is 29.2 Å². The van der Waals surface area contributed by atoms with E-state index in [1.165, 1.54) is 32.1 Å². The molecule has 1 saturated heterocycles. The van der Waals surface area contributed by atoms with Gasteiger partial charge in [-0.25, -0.2) is 13.1 Å². The second kappa shape index (κ2) is 12.1. The number of carbonyl (C=O) groups is 1. The minimum atomic E-state index is -3.69. The lowest BCUT2D eigenvalue weighted by Crippen LogP contribution is -2.40. The van der Waals surface area contributed by atoms with E-state index in [-0.39, 0.29) is 17.9 Å². The van der Waals surface area contributed by atoms with E-state index >= 15 is 0 Å². The van der Waals surface area contributed by atoms with E-state index in [0.717, 1.165) is 41.6 Å². The molecule has 0 atom stereocenters. The highest BCUT2D eigenvalue weighted by Crippen LogP contribution is 2.36. The molecule has 4 rings (SSSR count). The third-order valence-corrected chi connectivity index (χ3v) is 9.86. The highest BCUT2D eigenvalue weighted by atomic mass is 32.2. The number of rotatable bonds is 8. The Labute approximate surface area is 235 Å². The third-order valence-electron chi connectivity index (χ3n) is 8.03. The normalized spacial score (nSPS) is 18.0. The molecule has 1 saturated carbocycles. The number of ether oxygens (including phenoxy) is 1. The van der Waals surface area contributed by atoms with E-state index in [9.17, 15) is 13.2 Å². The lowest BCUT2D eigenvalue weighted by molar-refractivity contribution is 0.0692. The zero-order valence-electron chi connectivity index (χ0n) is 24.6. The van der Waals surface area contributed by atoms with Gasteiger partial charge in [-0.1, -0.05) is 52.0 Å². The summed E-state index contributed by atoms with van der Waals surface area (Å²) < 4.78 is 37.0. The molecule has 216 valence electrons. The van der Waals surface area contributed by atoms with Gasteiger partial charge in [0.15, 0.2) is 0 Å². The Balaban J connectivity index is 1.75. The number of nitrogens with one attached hydrogen (secondary N) is 2. The molecule has 7 nitrogen and oxygen atoms in total. The topological polar surface area (TPSA) is 89.4 Å². The van der Waals surface area contributed by atoms with Gasteiger partial charge in [-0.2, -0.15) is 0 Å². The van der Waals surface area contributed by atoms with E-state index in [0.29, 0.717) is 29.7 Å². The molecule has 1 aromatic heterocycles. The lowest BCUT2D eigenvalue weighted by atomic mass is 9.85. The summed E-state index contributed by atoms with van der Waals surface area (Å²) in [6.45, 7) is 10.9. The first-order valence-corrected chi connectivity index (χ1v) is 16.1. The molecule has 8 heteroatoms. The second-order valence-electron chi connectivity index (χ2n) is 12.8. The number of nitrogens with zero attached hydrogens (tertiary/aromatic N) is 1. The molecule has 2 heterocycles. The molecule has 0 bridgehead atoms. The molecule has 1 amide bonds. The third kappa shape index (κ3) is 7.33. The molecule has 1 aromatic carbocycles. The molecule has 0 radical (unpaired) electrons. The van der Waals surface area contributed by atoms with Crippen molar-refractivity contribution in [3.8, 4) is 11.1 Å². The summed E-state index contributed by atoms with van der Waals surface area (Å²) in [5, 5.41) is 3.22. The Hall–Kier alpha value is -2.16. The largest absolute Gasteiger partial charge is 0.381 e. The average molecular weight is 558 g/mol. The van der Waals surface area contributed by atoms with Gasteiger partial charge in [0.25, 0.3) is 5.91 Å². The Kier molecular flexibility index (Phi) is 9.29. The van der Waals surface area contributed by atoms with Crippen molar-refractivity contribution in [3.63, 3.8) is 0 Å². The zero-order chi connectivity index (χ0) is 28.4. The van der Waals surface area contributed by atoms with Gasteiger partial charge >= 0.3 is 0 Å². The van der Waals surface area contributed by atoms with Crippen LogP contribution in [0.4, 0.5) is 0 Å². The van der Waals surface area contributed by atoms with E-state index in [1.54, 1.807) is 6.07 Å². The quantitative estimate of drug-likeness (QED) is 0.421. The van der Waals surface area contributed by atoms with Crippen LogP contribution in [0.1, 0.15) is 107 Å².